The maximum atomic E-state index is 13.9. The monoisotopic (exact) mass is 539 g/mol. The summed E-state index contributed by atoms with van der Waals surface area (Å²) in [7, 11) is 1.58. The van der Waals surface area contributed by atoms with Crippen molar-refractivity contribution in [2.24, 2.45) is 0 Å². The number of aromatic nitrogens is 1. The summed E-state index contributed by atoms with van der Waals surface area (Å²) < 4.78 is 20.7. The molecule has 1 saturated carbocycles. The van der Waals surface area contributed by atoms with Crippen LogP contribution in [0.2, 0.25) is 5.02 Å². The molecule has 0 spiro atoms. The summed E-state index contributed by atoms with van der Waals surface area (Å²) in [5.74, 6) is -0.568. The van der Waals surface area contributed by atoms with Gasteiger partial charge >= 0.3 is 0 Å². The van der Waals surface area contributed by atoms with Crippen LogP contribution in [0, 0.1) is 5.82 Å². The maximum Gasteiger partial charge on any atom is 0.254 e. The Morgan fingerprint density at radius 2 is 1.74 bits per heavy atom. The molecule has 1 aliphatic rings. The molecule has 3 aromatic rings. The second kappa shape index (κ2) is 13.6. The topological polar surface area (TPSA) is 54.8 Å². The van der Waals surface area contributed by atoms with E-state index in [2.05, 4.69) is 4.57 Å². The number of amides is 2. The predicted molar refractivity (Wildman–Crippen MR) is 147 cm³/mol. The zero-order chi connectivity index (χ0) is 26.9. The number of ether oxygens (including phenoxy) is 1. The minimum atomic E-state index is -0.262. The molecule has 0 N–H and O–H groups in total. The Hall–Kier alpha value is -3.16. The Labute approximate surface area is 228 Å². The van der Waals surface area contributed by atoms with Crippen molar-refractivity contribution in [2.75, 3.05) is 26.8 Å². The number of halogens is 2. The molecule has 4 rings (SSSR count). The first-order chi connectivity index (χ1) is 18.4. The molecule has 0 aliphatic heterocycles. The molecule has 0 bridgehead atoms. The van der Waals surface area contributed by atoms with Crippen LogP contribution in [0.25, 0.3) is 0 Å². The van der Waals surface area contributed by atoms with Crippen LogP contribution in [0.15, 0.2) is 66.9 Å². The van der Waals surface area contributed by atoms with Crippen molar-refractivity contribution in [3.63, 3.8) is 0 Å². The van der Waals surface area contributed by atoms with E-state index in [1.54, 1.807) is 48.4 Å². The van der Waals surface area contributed by atoms with Crippen LogP contribution in [0.4, 0.5) is 4.39 Å². The molecular formula is C30H35ClFN3O3. The number of benzene rings is 2. The third-order valence-corrected chi connectivity index (χ3v) is 7.38. The van der Waals surface area contributed by atoms with E-state index < -0.39 is 0 Å². The van der Waals surface area contributed by atoms with Crippen molar-refractivity contribution in [1.29, 1.82) is 0 Å². The SMILES string of the molecule is COCCN(CC(=O)N(Cc1cccn1Cc1ccc(F)cc1)C1CCCCC1)C(=O)c1ccc(Cl)cc1. The van der Waals surface area contributed by atoms with Gasteiger partial charge in [0.25, 0.3) is 5.91 Å². The summed E-state index contributed by atoms with van der Waals surface area (Å²) in [6.07, 6.45) is 7.23. The van der Waals surface area contributed by atoms with Gasteiger partial charge in [-0.2, -0.15) is 0 Å². The van der Waals surface area contributed by atoms with Crippen LogP contribution in [-0.4, -0.2) is 59.0 Å². The molecule has 0 atom stereocenters. The smallest absolute Gasteiger partial charge is 0.254 e. The van der Waals surface area contributed by atoms with E-state index in [0.29, 0.717) is 36.8 Å². The Kier molecular flexibility index (Phi) is 9.96. The van der Waals surface area contributed by atoms with E-state index in [1.807, 2.05) is 23.2 Å². The fourth-order valence-electron chi connectivity index (χ4n) is 5.00. The third kappa shape index (κ3) is 7.45. The molecule has 0 unspecified atom stereocenters. The number of carbonyl (C=O) groups excluding carboxylic acids is 2. The first-order valence-corrected chi connectivity index (χ1v) is 13.5. The normalized spacial score (nSPS) is 13.9. The lowest BCUT2D eigenvalue weighted by Crippen LogP contribution is -2.48. The fourth-order valence-corrected chi connectivity index (χ4v) is 5.13. The lowest BCUT2D eigenvalue weighted by atomic mass is 9.94. The van der Waals surface area contributed by atoms with Gasteiger partial charge in [-0.3, -0.25) is 9.59 Å². The van der Waals surface area contributed by atoms with E-state index in [4.69, 9.17) is 16.3 Å². The quantitative estimate of drug-likeness (QED) is 0.310. The van der Waals surface area contributed by atoms with Gasteiger partial charge in [-0.05, 0) is 66.9 Å². The lowest BCUT2D eigenvalue weighted by Gasteiger charge is -2.36. The van der Waals surface area contributed by atoms with Gasteiger partial charge in [-0.1, -0.05) is 43.0 Å². The summed E-state index contributed by atoms with van der Waals surface area (Å²) in [6.45, 7) is 1.65. The van der Waals surface area contributed by atoms with E-state index in [1.165, 1.54) is 18.6 Å². The molecular weight excluding hydrogens is 505 g/mol. The van der Waals surface area contributed by atoms with E-state index in [0.717, 1.165) is 36.9 Å². The van der Waals surface area contributed by atoms with Crippen LogP contribution in [0.3, 0.4) is 0 Å². The third-order valence-electron chi connectivity index (χ3n) is 7.13. The molecule has 8 heteroatoms. The van der Waals surface area contributed by atoms with Crippen LogP contribution in [0.5, 0.6) is 0 Å². The van der Waals surface area contributed by atoms with Crippen molar-refractivity contribution < 1.29 is 18.7 Å². The Balaban J connectivity index is 1.54. The first-order valence-electron chi connectivity index (χ1n) is 13.2. The van der Waals surface area contributed by atoms with Crippen LogP contribution in [-0.2, 0) is 22.6 Å². The lowest BCUT2D eigenvalue weighted by molar-refractivity contribution is -0.135. The highest BCUT2D eigenvalue weighted by molar-refractivity contribution is 6.30. The van der Waals surface area contributed by atoms with E-state index in [9.17, 15) is 14.0 Å². The number of methoxy groups -OCH3 is 1. The van der Waals surface area contributed by atoms with Crippen molar-refractivity contribution in [3.8, 4) is 0 Å². The number of carbonyl (C=O) groups is 2. The van der Waals surface area contributed by atoms with Crippen molar-refractivity contribution in [3.05, 3.63) is 94.5 Å². The number of rotatable bonds is 11. The summed E-state index contributed by atoms with van der Waals surface area (Å²) >= 11 is 6.01. The van der Waals surface area contributed by atoms with Crippen molar-refractivity contribution in [2.45, 2.75) is 51.2 Å². The average Bonchev–Trinajstić information content (AvgIpc) is 3.37. The fraction of sp³-hybridized carbons (Fsp3) is 0.400. The Morgan fingerprint density at radius 3 is 2.42 bits per heavy atom. The molecule has 202 valence electrons. The Bertz CT molecular complexity index is 1190. The van der Waals surface area contributed by atoms with Gasteiger partial charge in [-0.25, -0.2) is 4.39 Å². The second-order valence-electron chi connectivity index (χ2n) is 9.79. The summed E-state index contributed by atoms with van der Waals surface area (Å²) in [5.41, 5.74) is 2.47. The molecule has 1 fully saturated rings. The van der Waals surface area contributed by atoms with E-state index in [-0.39, 0.29) is 30.2 Å². The second-order valence-corrected chi connectivity index (χ2v) is 10.2. The molecule has 0 radical (unpaired) electrons. The standard InChI is InChI=1S/C30H35ClFN3O3/c1-38-19-18-34(30(37)24-11-13-25(31)14-12-24)22-29(36)35(27-6-3-2-4-7-27)21-28-8-5-17-33(28)20-23-9-15-26(32)16-10-23/h5,8-17,27H,2-4,6-7,18-22H2,1H3. The van der Waals surface area contributed by atoms with Gasteiger partial charge in [0.1, 0.15) is 12.4 Å². The molecule has 6 nitrogen and oxygen atoms in total. The average molecular weight is 540 g/mol. The highest BCUT2D eigenvalue weighted by Crippen LogP contribution is 2.25. The van der Waals surface area contributed by atoms with Gasteiger partial charge in [-0.15, -0.1) is 0 Å². The molecule has 2 amide bonds. The van der Waals surface area contributed by atoms with Gasteiger partial charge in [0, 0.05) is 48.7 Å². The van der Waals surface area contributed by atoms with Gasteiger partial charge < -0.3 is 19.1 Å². The van der Waals surface area contributed by atoms with Crippen LogP contribution < -0.4 is 0 Å². The summed E-state index contributed by atoms with van der Waals surface area (Å²) in [5, 5.41) is 0.549. The maximum absolute atomic E-state index is 13.9. The zero-order valence-corrected chi connectivity index (χ0v) is 22.6. The van der Waals surface area contributed by atoms with Gasteiger partial charge in [0.15, 0.2) is 0 Å². The van der Waals surface area contributed by atoms with Gasteiger partial charge in [0.2, 0.25) is 5.91 Å². The van der Waals surface area contributed by atoms with Crippen molar-refractivity contribution >= 4 is 23.4 Å². The molecule has 1 heterocycles. The van der Waals surface area contributed by atoms with Crippen LogP contribution >= 0.6 is 11.6 Å². The molecule has 1 aromatic heterocycles. The predicted octanol–water partition coefficient (Wildman–Crippen LogP) is 5.78. The molecule has 2 aromatic carbocycles. The minimum absolute atomic E-state index is 0.0278. The highest BCUT2D eigenvalue weighted by Gasteiger charge is 2.29. The Morgan fingerprint density at radius 1 is 1.03 bits per heavy atom. The van der Waals surface area contributed by atoms with E-state index >= 15 is 0 Å². The number of hydrogen-bond donors (Lipinski definition) is 0. The summed E-state index contributed by atoms with van der Waals surface area (Å²) in [6, 6.07) is 17.3. The van der Waals surface area contributed by atoms with Crippen molar-refractivity contribution in [1.82, 2.24) is 14.4 Å². The molecule has 38 heavy (non-hydrogen) atoms. The highest BCUT2D eigenvalue weighted by atomic mass is 35.5. The first kappa shape index (κ1) is 27.9. The molecule has 0 saturated heterocycles. The molecule has 1 aliphatic carbocycles. The summed E-state index contributed by atoms with van der Waals surface area (Å²) in [4.78, 5) is 30.7. The zero-order valence-electron chi connectivity index (χ0n) is 21.8. The van der Waals surface area contributed by atoms with Gasteiger partial charge in [0.05, 0.1) is 13.2 Å². The van der Waals surface area contributed by atoms with Crippen LogP contribution in [0.1, 0.15) is 53.7 Å². The number of hydrogen-bond acceptors (Lipinski definition) is 3. The number of nitrogens with zero attached hydrogens (tertiary/aromatic N) is 3. The largest absolute Gasteiger partial charge is 0.383 e. The minimum Gasteiger partial charge on any atom is -0.383 e.